The van der Waals surface area contributed by atoms with E-state index in [0.29, 0.717) is 12.2 Å². The molecule has 0 saturated heterocycles. The fourth-order valence-electron chi connectivity index (χ4n) is 4.78. The molecule has 0 unspecified atom stereocenters. The Kier molecular flexibility index (Phi) is 7.27. The largest absolute Gasteiger partial charge is 0.396 e. The number of nitrogens with two attached hydrogens (primary N) is 1. The Hall–Kier alpha value is -3.33. The molecule has 0 radical (unpaired) electrons. The van der Waals surface area contributed by atoms with Gasteiger partial charge in [0.1, 0.15) is 11.3 Å². The monoisotopic (exact) mass is 500 g/mol. The Labute approximate surface area is 215 Å². The molecule has 0 aliphatic heterocycles. The zero-order chi connectivity index (χ0) is 25.1. The van der Waals surface area contributed by atoms with E-state index >= 15 is 0 Å². The molecule has 0 fully saturated rings. The molecule has 186 valence electrons. The highest BCUT2D eigenvalue weighted by atomic mass is 32.2. The van der Waals surface area contributed by atoms with E-state index in [1.165, 1.54) is 21.4 Å². The summed E-state index contributed by atoms with van der Waals surface area (Å²) in [5.41, 5.74) is 10.1. The summed E-state index contributed by atoms with van der Waals surface area (Å²) in [6.07, 6.45) is 2.48. The van der Waals surface area contributed by atoms with Gasteiger partial charge in [0.25, 0.3) is 0 Å². The Bertz CT molecular complexity index is 1510. The second-order valence-corrected chi connectivity index (χ2v) is 10.0. The minimum atomic E-state index is 0.0490. The van der Waals surface area contributed by atoms with E-state index in [-0.39, 0.29) is 6.61 Å². The number of fused-ring (bicyclic) bond motifs is 4. The lowest BCUT2D eigenvalue weighted by Crippen LogP contribution is -2.10. The third-order valence-electron chi connectivity index (χ3n) is 6.46. The van der Waals surface area contributed by atoms with Gasteiger partial charge in [-0.3, -0.25) is 4.72 Å². The van der Waals surface area contributed by atoms with Crippen molar-refractivity contribution in [3.05, 3.63) is 66.5 Å². The van der Waals surface area contributed by atoms with Crippen LogP contribution in [0.3, 0.4) is 0 Å². The van der Waals surface area contributed by atoms with E-state index in [2.05, 4.69) is 75.7 Å². The zero-order valence-electron chi connectivity index (χ0n) is 20.7. The van der Waals surface area contributed by atoms with Crippen molar-refractivity contribution in [3.8, 4) is 0 Å². The fraction of sp³-hybridized carbons (Fsp3) is 0.286. The number of nitrogens with one attached hydrogen (secondary N) is 1. The van der Waals surface area contributed by atoms with E-state index in [9.17, 15) is 5.11 Å². The number of aliphatic hydroxyl groups excluding tert-OH is 1. The molecule has 0 aliphatic rings. The first-order valence-corrected chi connectivity index (χ1v) is 13.1. The van der Waals surface area contributed by atoms with Crippen molar-refractivity contribution < 1.29 is 5.11 Å². The molecule has 0 spiro atoms. The highest BCUT2D eigenvalue weighted by Crippen LogP contribution is 2.32. The van der Waals surface area contributed by atoms with Gasteiger partial charge in [0, 0.05) is 55.0 Å². The van der Waals surface area contributed by atoms with Crippen LogP contribution in [0.5, 0.6) is 0 Å². The third kappa shape index (κ3) is 4.72. The van der Waals surface area contributed by atoms with Crippen LogP contribution < -0.4 is 15.4 Å². The van der Waals surface area contributed by atoms with Gasteiger partial charge in [-0.2, -0.15) is 0 Å². The highest BCUT2D eigenvalue weighted by molar-refractivity contribution is 7.97. The third-order valence-corrected chi connectivity index (χ3v) is 7.38. The minimum Gasteiger partial charge on any atom is -0.396 e. The number of nitrogens with zero attached hydrogens (tertiary/aromatic N) is 4. The van der Waals surface area contributed by atoms with Gasteiger partial charge in [0.15, 0.2) is 5.82 Å². The maximum Gasteiger partial charge on any atom is 0.152 e. The number of pyridine rings is 1. The number of para-hydroxylation sites is 1. The van der Waals surface area contributed by atoms with Crippen LogP contribution in [0.4, 0.5) is 11.5 Å². The van der Waals surface area contributed by atoms with E-state index in [4.69, 9.17) is 10.7 Å². The number of rotatable bonds is 10. The Morgan fingerprint density at radius 2 is 1.72 bits per heavy atom. The smallest absolute Gasteiger partial charge is 0.152 e. The van der Waals surface area contributed by atoms with Gasteiger partial charge < -0.3 is 20.3 Å². The predicted octanol–water partition coefficient (Wildman–Crippen LogP) is 5.00. The number of nitrogen functional groups attached to an aromatic ring is 1. The number of hydrogen-bond acceptors (Lipinski definition) is 7. The molecule has 5 rings (SSSR count). The maximum absolute atomic E-state index is 9.61. The van der Waals surface area contributed by atoms with Crippen molar-refractivity contribution >= 4 is 56.2 Å². The first kappa shape index (κ1) is 24.4. The van der Waals surface area contributed by atoms with Gasteiger partial charge in [-0.05, 0) is 48.4 Å². The SMILES string of the molecule is CN(C)c1cccc2c(SNCCCCn3c(CCO)nc4c(N)nc5ccccc5c43)cccc12. The van der Waals surface area contributed by atoms with Crippen LogP contribution in [0.1, 0.15) is 18.7 Å². The Morgan fingerprint density at radius 3 is 2.56 bits per heavy atom. The quantitative estimate of drug-likeness (QED) is 0.184. The van der Waals surface area contributed by atoms with E-state index < -0.39 is 0 Å². The molecule has 3 aromatic carbocycles. The number of imidazole rings is 1. The first-order valence-electron chi connectivity index (χ1n) is 12.3. The van der Waals surface area contributed by atoms with Crippen molar-refractivity contribution in [2.24, 2.45) is 0 Å². The van der Waals surface area contributed by atoms with Gasteiger partial charge in [-0.1, -0.05) is 42.5 Å². The normalized spacial score (nSPS) is 11.6. The molecular formula is C28H32N6OS. The summed E-state index contributed by atoms with van der Waals surface area (Å²) in [5, 5.41) is 13.2. The molecule has 36 heavy (non-hydrogen) atoms. The topological polar surface area (TPSA) is 92.2 Å². The summed E-state index contributed by atoms with van der Waals surface area (Å²) in [7, 11) is 4.16. The number of benzene rings is 3. The molecule has 4 N–H and O–H groups in total. The standard InChI is InChI=1S/C28H32N6OS/c1-33(2)23-13-7-11-20-19(23)10-8-14-24(20)36-30-16-5-6-17-34-25(15-18-35)32-26-27(34)21-9-3-4-12-22(21)31-28(26)29/h3-4,7-14,30,35H,5-6,15-18H2,1-2H3,(H2,29,31). The number of anilines is 2. The van der Waals surface area contributed by atoms with Gasteiger partial charge in [0.05, 0.1) is 17.6 Å². The van der Waals surface area contributed by atoms with Gasteiger partial charge in [0.2, 0.25) is 0 Å². The van der Waals surface area contributed by atoms with Crippen molar-refractivity contribution in [2.45, 2.75) is 30.7 Å². The second-order valence-electron chi connectivity index (χ2n) is 9.09. The van der Waals surface area contributed by atoms with Gasteiger partial charge in [-0.25, -0.2) is 9.97 Å². The van der Waals surface area contributed by atoms with Crippen LogP contribution in [-0.4, -0.2) is 46.9 Å². The molecule has 0 saturated carbocycles. The van der Waals surface area contributed by atoms with Crippen LogP contribution in [0, 0.1) is 0 Å². The summed E-state index contributed by atoms with van der Waals surface area (Å²) in [6, 6.07) is 21.0. The van der Waals surface area contributed by atoms with Crippen molar-refractivity contribution in [1.82, 2.24) is 19.3 Å². The number of aryl methyl sites for hydroxylation is 1. The average Bonchev–Trinajstić information content (AvgIpc) is 3.25. The summed E-state index contributed by atoms with van der Waals surface area (Å²) >= 11 is 1.69. The van der Waals surface area contributed by atoms with Crippen LogP contribution >= 0.6 is 11.9 Å². The predicted molar refractivity (Wildman–Crippen MR) is 152 cm³/mol. The lowest BCUT2D eigenvalue weighted by atomic mass is 10.1. The summed E-state index contributed by atoms with van der Waals surface area (Å²) < 4.78 is 5.76. The average molecular weight is 501 g/mol. The van der Waals surface area contributed by atoms with E-state index in [1.54, 1.807) is 11.9 Å². The molecule has 2 heterocycles. The van der Waals surface area contributed by atoms with E-state index in [0.717, 1.165) is 53.7 Å². The molecule has 7 nitrogen and oxygen atoms in total. The Morgan fingerprint density at radius 1 is 0.944 bits per heavy atom. The Balaban J connectivity index is 1.27. The second kappa shape index (κ2) is 10.7. The molecule has 2 aromatic heterocycles. The minimum absolute atomic E-state index is 0.0490. The van der Waals surface area contributed by atoms with Crippen LogP contribution in [0.15, 0.2) is 65.6 Å². The van der Waals surface area contributed by atoms with Gasteiger partial charge >= 0.3 is 0 Å². The number of aromatic nitrogens is 3. The number of hydrogen-bond donors (Lipinski definition) is 3. The maximum atomic E-state index is 9.61. The number of aliphatic hydroxyl groups is 1. The first-order chi connectivity index (χ1) is 17.6. The van der Waals surface area contributed by atoms with Crippen LogP contribution in [0.25, 0.3) is 32.7 Å². The van der Waals surface area contributed by atoms with Crippen LogP contribution in [0.2, 0.25) is 0 Å². The highest BCUT2D eigenvalue weighted by Gasteiger charge is 2.16. The lowest BCUT2D eigenvalue weighted by Gasteiger charge is -2.16. The molecule has 0 bridgehead atoms. The van der Waals surface area contributed by atoms with Crippen molar-refractivity contribution in [1.29, 1.82) is 0 Å². The van der Waals surface area contributed by atoms with Crippen molar-refractivity contribution in [2.75, 3.05) is 37.9 Å². The van der Waals surface area contributed by atoms with Crippen molar-refractivity contribution in [3.63, 3.8) is 0 Å². The summed E-state index contributed by atoms with van der Waals surface area (Å²) in [4.78, 5) is 12.7. The zero-order valence-corrected chi connectivity index (χ0v) is 21.6. The molecular weight excluding hydrogens is 468 g/mol. The summed E-state index contributed by atoms with van der Waals surface area (Å²) in [6.45, 7) is 1.75. The molecule has 8 heteroatoms. The molecule has 0 amide bonds. The summed E-state index contributed by atoms with van der Waals surface area (Å²) in [5.74, 6) is 1.29. The van der Waals surface area contributed by atoms with Crippen LogP contribution in [-0.2, 0) is 13.0 Å². The molecule has 0 atom stereocenters. The van der Waals surface area contributed by atoms with E-state index in [1.807, 2.05) is 18.2 Å². The fourth-order valence-corrected chi connectivity index (χ4v) is 5.61. The lowest BCUT2D eigenvalue weighted by molar-refractivity contribution is 0.294. The molecule has 5 aromatic rings. The molecule has 0 aliphatic carbocycles. The van der Waals surface area contributed by atoms with Gasteiger partial charge in [-0.15, -0.1) is 0 Å². The number of unbranched alkanes of at least 4 members (excludes halogenated alkanes) is 1.